The standard InChI is InChI=1S/C11H12F2N2O2/c1-15-5-7-4-6(9(16)10(12)13)2-3-8(7)14-11(15)17/h2-4,9-10,16H,5H2,1H3,(H,14,17). The van der Waals surface area contributed by atoms with E-state index in [9.17, 15) is 18.7 Å². The largest absolute Gasteiger partial charge is 0.382 e. The Hall–Kier alpha value is -1.69. The van der Waals surface area contributed by atoms with Crippen molar-refractivity contribution in [2.45, 2.75) is 19.1 Å². The van der Waals surface area contributed by atoms with E-state index < -0.39 is 12.5 Å². The number of nitrogens with zero attached hydrogens (tertiary/aromatic N) is 1. The van der Waals surface area contributed by atoms with Crippen molar-refractivity contribution in [1.82, 2.24) is 4.90 Å². The molecule has 1 aromatic rings. The van der Waals surface area contributed by atoms with Gasteiger partial charge in [-0.25, -0.2) is 13.6 Å². The molecule has 6 heteroatoms. The van der Waals surface area contributed by atoms with E-state index in [-0.39, 0.29) is 11.6 Å². The first-order chi connectivity index (χ1) is 7.99. The zero-order valence-corrected chi connectivity index (χ0v) is 9.15. The van der Waals surface area contributed by atoms with Crippen molar-refractivity contribution in [3.63, 3.8) is 0 Å². The molecule has 0 radical (unpaired) electrons. The molecule has 0 fully saturated rings. The average Bonchev–Trinajstić information content (AvgIpc) is 2.29. The number of amides is 2. The van der Waals surface area contributed by atoms with E-state index >= 15 is 0 Å². The quantitative estimate of drug-likeness (QED) is 0.833. The number of urea groups is 1. The van der Waals surface area contributed by atoms with Crippen molar-refractivity contribution < 1.29 is 18.7 Å². The molecule has 0 aromatic heterocycles. The lowest BCUT2D eigenvalue weighted by Gasteiger charge is -2.26. The second-order valence-electron chi connectivity index (χ2n) is 3.98. The summed E-state index contributed by atoms with van der Waals surface area (Å²) in [5, 5.41) is 11.9. The number of aliphatic hydroxyl groups is 1. The summed E-state index contributed by atoms with van der Waals surface area (Å²) in [4.78, 5) is 12.8. The highest BCUT2D eigenvalue weighted by molar-refractivity contribution is 5.92. The zero-order chi connectivity index (χ0) is 12.6. The van der Waals surface area contributed by atoms with Crippen molar-refractivity contribution in [2.24, 2.45) is 0 Å². The topological polar surface area (TPSA) is 52.6 Å². The molecule has 1 atom stereocenters. The van der Waals surface area contributed by atoms with Crippen molar-refractivity contribution in [2.75, 3.05) is 12.4 Å². The van der Waals surface area contributed by atoms with Gasteiger partial charge in [0.05, 0.1) is 0 Å². The van der Waals surface area contributed by atoms with Crippen LogP contribution >= 0.6 is 0 Å². The van der Waals surface area contributed by atoms with Crippen LogP contribution in [0.25, 0.3) is 0 Å². The van der Waals surface area contributed by atoms with Gasteiger partial charge in [-0.15, -0.1) is 0 Å². The summed E-state index contributed by atoms with van der Waals surface area (Å²) in [5.41, 5.74) is 1.46. The van der Waals surface area contributed by atoms with E-state index in [0.29, 0.717) is 17.8 Å². The van der Waals surface area contributed by atoms with Gasteiger partial charge in [0.2, 0.25) is 0 Å². The van der Waals surface area contributed by atoms with Crippen LogP contribution in [0.5, 0.6) is 0 Å². The number of anilines is 1. The monoisotopic (exact) mass is 242 g/mol. The maximum absolute atomic E-state index is 12.4. The summed E-state index contributed by atoms with van der Waals surface area (Å²) >= 11 is 0. The molecule has 1 heterocycles. The number of alkyl halides is 2. The van der Waals surface area contributed by atoms with Crippen LogP contribution < -0.4 is 5.32 Å². The average molecular weight is 242 g/mol. The Morgan fingerprint density at radius 3 is 2.82 bits per heavy atom. The van der Waals surface area contributed by atoms with Gasteiger partial charge in [0, 0.05) is 19.3 Å². The van der Waals surface area contributed by atoms with Crippen molar-refractivity contribution >= 4 is 11.7 Å². The molecule has 2 rings (SSSR count). The molecule has 17 heavy (non-hydrogen) atoms. The summed E-state index contributed by atoms with van der Waals surface area (Å²) in [6, 6.07) is 4.17. The highest BCUT2D eigenvalue weighted by atomic mass is 19.3. The number of carbonyl (C=O) groups excluding carboxylic acids is 1. The van der Waals surface area contributed by atoms with Crippen LogP contribution in [0.1, 0.15) is 17.2 Å². The van der Waals surface area contributed by atoms with Gasteiger partial charge in [0.1, 0.15) is 6.10 Å². The fraction of sp³-hybridized carbons (Fsp3) is 0.364. The number of rotatable bonds is 2. The van der Waals surface area contributed by atoms with Gasteiger partial charge in [-0.05, 0) is 23.3 Å². The third kappa shape index (κ3) is 2.21. The molecule has 0 saturated carbocycles. The molecule has 0 bridgehead atoms. The molecule has 1 aliphatic rings. The smallest absolute Gasteiger partial charge is 0.321 e. The fourth-order valence-electron chi connectivity index (χ4n) is 1.73. The number of carbonyl (C=O) groups is 1. The van der Waals surface area contributed by atoms with Gasteiger partial charge in [-0.2, -0.15) is 0 Å². The van der Waals surface area contributed by atoms with Crippen molar-refractivity contribution in [3.05, 3.63) is 29.3 Å². The second-order valence-corrected chi connectivity index (χ2v) is 3.98. The minimum absolute atomic E-state index is 0.156. The molecule has 4 nitrogen and oxygen atoms in total. The lowest BCUT2D eigenvalue weighted by atomic mass is 10.0. The summed E-state index contributed by atoms with van der Waals surface area (Å²) in [5.74, 6) is 0. The van der Waals surface area contributed by atoms with Crippen molar-refractivity contribution in [1.29, 1.82) is 0 Å². The molecule has 0 spiro atoms. The first-order valence-electron chi connectivity index (χ1n) is 5.10. The van der Waals surface area contributed by atoms with Gasteiger partial charge in [0.25, 0.3) is 6.43 Å². The predicted molar refractivity (Wildman–Crippen MR) is 57.9 cm³/mol. The number of aliphatic hydroxyl groups excluding tert-OH is 1. The molecule has 92 valence electrons. The Balaban J connectivity index is 2.32. The molecule has 1 unspecified atom stereocenters. The van der Waals surface area contributed by atoms with E-state index in [4.69, 9.17) is 0 Å². The lowest BCUT2D eigenvalue weighted by Crippen LogP contribution is -2.35. The van der Waals surface area contributed by atoms with E-state index in [0.717, 1.165) is 0 Å². The highest BCUT2D eigenvalue weighted by Crippen LogP contribution is 2.28. The van der Waals surface area contributed by atoms with Gasteiger partial charge in [-0.3, -0.25) is 0 Å². The molecule has 2 N–H and O–H groups in total. The number of halogens is 2. The Morgan fingerprint density at radius 2 is 2.18 bits per heavy atom. The third-order valence-electron chi connectivity index (χ3n) is 2.71. The first-order valence-corrected chi connectivity index (χ1v) is 5.10. The first kappa shape index (κ1) is 11.8. The molecular formula is C11H12F2N2O2. The summed E-state index contributed by atoms with van der Waals surface area (Å²) < 4.78 is 24.7. The van der Waals surface area contributed by atoms with E-state index in [1.165, 1.54) is 23.1 Å². The van der Waals surface area contributed by atoms with E-state index in [1.807, 2.05) is 0 Å². The number of hydrogen-bond acceptors (Lipinski definition) is 2. The number of nitrogens with one attached hydrogen (secondary N) is 1. The van der Waals surface area contributed by atoms with Crippen LogP contribution in [0.2, 0.25) is 0 Å². The predicted octanol–water partition coefficient (Wildman–Crippen LogP) is 1.96. The number of benzene rings is 1. The minimum Gasteiger partial charge on any atom is -0.382 e. The van der Waals surface area contributed by atoms with Gasteiger partial charge < -0.3 is 15.3 Å². The number of hydrogen-bond donors (Lipinski definition) is 2. The third-order valence-corrected chi connectivity index (χ3v) is 2.71. The van der Waals surface area contributed by atoms with Gasteiger partial charge >= 0.3 is 6.03 Å². The highest BCUT2D eigenvalue weighted by Gasteiger charge is 2.23. The maximum Gasteiger partial charge on any atom is 0.321 e. The maximum atomic E-state index is 12.4. The molecule has 1 aliphatic heterocycles. The molecule has 2 amide bonds. The molecule has 0 saturated heterocycles. The number of fused-ring (bicyclic) bond motifs is 1. The Labute approximate surface area is 96.8 Å². The zero-order valence-electron chi connectivity index (χ0n) is 9.15. The summed E-state index contributed by atoms with van der Waals surface area (Å²) in [7, 11) is 1.61. The minimum atomic E-state index is -2.82. The second kappa shape index (κ2) is 4.29. The van der Waals surface area contributed by atoms with Crippen LogP contribution in [0.15, 0.2) is 18.2 Å². The SMILES string of the molecule is CN1Cc2cc(C(O)C(F)F)ccc2NC1=O. The van der Waals surface area contributed by atoms with Gasteiger partial charge in [-0.1, -0.05) is 6.07 Å². The van der Waals surface area contributed by atoms with Crippen LogP contribution in [0.3, 0.4) is 0 Å². The summed E-state index contributed by atoms with van der Waals surface area (Å²) in [6.45, 7) is 0.338. The van der Waals surface area contributed by atoms with Crippen molar-refractivity contribution in [3.8, 4) is 0 Å². The van der Waals surface area contributed by atoms with Crippen LogP contribution in [0, 0.1) is 0 Å². The molecule has 0 aliphatic carbocycles. The van der Waals surface area contributed by atoms with E-state index in [2.05, 4.69) is 5.32 Å². The van der Waals surface area contributed by atoms with Crippen LogP contribution in [-0.4, -0.2) is 29.5 Å². The normalized spacial score (nSPS) is 16.8. The van der Waals surface area contributed by atoms with E-state index in [1.54, 1.807) is 7.05 Å². The Morgan fingerprint density at radius 1 is 1.47 bits per heavy atom. The van der Waals surface area contributed by atoms with Gasteiger partial charge in [0.15, 0.2) is 0 Å². The molecule has 1 aromatic carbocycles. The van der Waals surface area contributed by atoms with Crippen LogP contribution in [0.4, 0.5) is 19.3 Å². The Kier molecular flexibility index (Phi) is 2.97. The fourth-order valence-corrected chi connectivity index (χ4v) is 1.73. The Bertz CT molecular complexity index is 451. The lowest BCUT2D eigenvalue weighted by molar-refractivity contribution is -0.00582. The summed E-state index contributed by atoms with van der Waals surface area (Å²) in [6.07, 6.45) is -4.60. The molecular weight excluding hydrogens is 230 g/mol. The van der Waals surface area contributed by atoms with Crippen LogP contribution in [-0.2, 0) is 6.54 Å².